The molecule has 3 heterocycles. The molecule has 2 unspecified atom stereocenters. The van der Waals surface area contributed by atoms with Crippen molar-refractivity contribution in [3.8, 4) is 17.6 Å². The highest BCUT2D eigenvalue weighted by Gasteiger charge is 2.45. The average molecular weight is 812 g/mol. The van der Waals surface area contributed by atoms with Crippen molar-refractivity contribution in [2.45, 2.75) is 55.6 Å². The van der Waals surface area contributed by atoms with Crippen molar-refractivity contribution < 1.29 is 28.0 Å². The van der Waals surface area contributed by atoms with E-state index in [0.717, 1.165) is 41.9 Å². The van der Waals surface area contributed by atoms with Crippen molar-refractivity contribution in [1.29, 1.82) is 5.26 Å². The molecule has 0 saturated carbocycles. The van der Waals surface area contributed by atoms with E-state index in [0.29, 0.717) is 23.7 Å². The summed E-state index contributed by atoms with van der Waals surface area (Å²) in [6, 6.07) is 29.6. The molecule has 15 heteroatoms. The van der Waals surface area contributed by atoms with Crippen LogP contribution in [0.25, 0.3) is 0 Å². The predicted octanol–water partition coefficient (Wildman–Crippen LogP) is 6.35. The summed E-state index contributed by atoms with van der Waals surface area (Å²) in [6.45, 7) is 1.18. The lowest BCUT2D eigenvalue weighted by atomic mass is 9.80. The second-order valence-corrected chi connectivity index (χ2v) is 16.2. The molecule has 0 aliphatic carbocycles. The summed E-state index contributed by atoms with van der Waals surface area (Å²) in [7, 11) is 11.5. The Kier molecular flexibility index (Phi) is 14.7. The van der Waals surface area contributed by atoms with E-state index in [1.165, 1.54) is 4.57 Å². The quantitative estimate of drug-likeness (QED) is 0.0480. The minimum Gasteiger partial charge on any atom is -0.497 e. The van der Waals surface area contributed by atoms with E-state index in [-0.39, 0.29) is 25.5 Å². The van der Waals surface area contributed by atoms with Gasteiger partial charge < -0.3 is 32.9 Å². The molecule has 0 radical (unpaired) electrons. The number of aromatic nitrogens is 2. The number of methoxy groups -OCH3 is 2. The van der Waals surface area contributed by atoms with E-state index in [9.17, 15) is 10.1 Å². The largest absolute Gasteiger partial charge is 0.497 e. The van der Waals surface area contributed by atoms with Gasteiger partial charge in [0.15, 0.2) is 5.82 Å². The Morgan fingerprint density at radius 2 is 1.57 bits per heavy atom. The second-order valence-electron chi connectivity index (χ2n) is 14.7. The zero-order chi connectivity index (χ0) is 41.2. The molecule has 4 atom stereocenters. The molecule has 0 N–H and O–H groups in total. The van der Waals surface area contributed by atoms with E-state index in [1.54, 1.807) is 26.5 Å². The second kappa shape index (κ2) is 19.8. The third-order valence-corrected chi connectivity index (χ3v) is 12.5. The highest BCUT2D eigenvalue weighted by atomic mass is 31.2. The van der Waals surface area contributed by atoms with Gasteiger partial charge in [0.2, 0.25) is 8.38 Å². The number of hydrogen-bond acceptors (Lipinski definition) is 12. The molecule has 3 aromatic carbocycles. The number of amidine groups is 1. The molecule has 1 aromatic heterocycles. The summed E-state index contributed by atoms with van der Waals surface area (Å²) in [5.74, 6) is 2.43. The number of nitrogens with zero attached hydrogens (tertiary/aromatic N) is 7. The maximum atomic E-state index is 13.7. The van der Waals surface area contributed by atoms with E-state index in [1.807, 2.05) is 124 Å². The molecule has 2 saturated heterocycles. The standard InChI is InChI=1S/C43H54N7O7P/c1-47(2)42(48(3)4)58(55-28-12-25-44)57-36-29-40(50-27-24-38(46-41(50)51)45-39-15-11-26-49(39)5)56-37(36)30-54-43(31-13-9-8-10-14-31,32-16-20-34(52-6)21-17-32)33-18-22-35(53-7)23-19-33/h8-10,13-14,16-24,27,36-37,40,42H,11-12,15,26,28-30H2,1-7H3/t36?,37-,40-,58?/m1/s1. The Labute approximate surface area is 342 Å². The van der Waals surface area contributed by atoms with E-state index >= 15 is 0 Å². The topological polar surface area (TPSA) is 136 Å². The Bertz CT molecular complexity index is 2000. The first-order chi connectivity index (χ1) is 28.1. The van der Waals surface area contributed by atoms with Crippen LogP contribution >= 0.6 is 8.38 Å². The molecule has 4 aromatic rings. The molecule has 2 aliphatic heterocycles. The van der Waals surface area contributed by atoms with Gasteiger partial charge in [-0.3, -0.25) is 14.4 Å². The normalized spacial score (nSPS) is 19.6. The lowest BCUT2D eigenvalue weighted by molar-refractivity contribution is -0.0922. The van der Waals surface area contributed by atoms with Crippen LogP contribution in [0, 0.1) is 11.3 Å². The Morgan fingerprint density at radius 1 is 0.948 bits per heavy atom. The van der Waals surface area contributed by atoms with Gasteiger partial charge in [0, 0.05) is 32.6 Å². The van der Waals surface area contributed by atoms with Crippen LogP contribution in [0.4, 0.5) is 5.82 Å². The van der Waals surface area contributed by atoms with E-state index < -0.39 is 38.1 Å². The molecular weight excluding hydrogens is 757 g/mol. The number of likely N-dealkylation sites (tertiary alicyclic amines) is 1. The SMILES string of the molecule is COc1ccc(C(OC[C@H]2O[C@@H](n3ccc(N=C4CCCN4C)nc3=O)CC2OP(OCCC#N)C(N(C)C)N(C)C)(c2ccccc2)c2ccc(OC)cc2)cc1. The zero-order valence-corrected chi connectivity index (χ0v) is 35.2. The Balaban J connectivity index is 1.40. The van der Waals surface area contributed by atoms with Crippen molar-refractivity contribution in [1.82, 2.24) is 24.3 Å². The van der Waals surface area contributed by atoms with Crippen LogP contribution in [0.15, 0.2) is 101 Å². The van der Waals surface area contributed by atoms with Gasteiger partial charge in [0.05, 0.1) is 46.0 Å². The average Bonchev–Trinajstić information content (AvgIpc) is 3.83. The molecule has 14 nitrogen and oxygen atoms in total. The monoisotopic (exact) mass is 811 g/mol. The van der Waals surface area contributed by atoms with Crippen LogP contribution in [-0.4, -0.2) is 117 Å². The van der Waals surface area contributed by atoms with E-state index in [4.69, 9.17) is 28.0 Å². The highest BCUT2D eigenvalue weighted by Crippen LogP contribution is 2.50. The van der Waals surface area contributed by atoms with Crippen molar-refractivity contribution in [2.24, 2.45) is 4.99 Å². The molecule has 0 amide bonds. The maximum absolute atomic E-state index is 13.7. The van der Waals surface area contributed by atoms with Gasteiger partial charge in [-0.15, -0.1) is 0 Å². The zero-order valence-electron chi connectivity index (χ0n) is 34.4. The molecule has 2 fully saturated rings. The summed E-state index contributed by atoms with van der Waals surface area (Å²) >= 11 is 0. The lowest BCUT2D eigenvalue weighted by Crippen LogP contribution is -2.42. The molecule has 0 bridgehead atoms. The number of aliphatic imine (C=N–C) groups is 1. The molecule has 6 rings (SSSR count). The van der Waals surface area contributed by atoms with Gasteiger partial charge in [-0.05, 0) is 81.6 Å². The maximum Gasteiger partial charge on any atom is 0.351 e. The van der Waals surface area contributed by atoms with Gasteiger partial charge in [0.25, 0.3) is 0 Å². The number of benzene rings is 3. The highest BCUT2D eigenvalue weighted by molar-refractivity contribution is 7.47. The van der Waals surface area contributed by atoms with Crippen molar-refractivity contribution in [3.05, 3.63) is 118 Å². The van der Waals surface area contributed by atoms with Gasteiger partial charge >= 0.3 is 5.69 Å². The van der Waals surface area contributed by atoms with Crippen LogP contribution < -0.4 is 15.2 Å². The number of nitriles is 1. The minimum atomic E-state index is -1.64. The molecule has 0 spiro atoms. The van der Waals surface area contributed by atoms with Crippen molar-refractivity contribution in [3.63, 3.8) is 0 Å². The summed E-state index contributed by atoms with van der Waals surface area (Å²) in [6.07, 6.45) is 2.08. The summed E-state index contributed by atoms with van der Waals surface area (Å²) < 4.78 is 40.0. The third-order valence-electron chi connectivity index (χ3n) is 10.3. The van der Waals surface area contributed by atoms with Crippen LogP contribution in [0.2, 0.25) is 0 Å². The van der Waals surface area contributed by atoms with Gasteiger partial charge in [-0.25, -0.2) is 9.79 Å². The molecular formula is C43H54N7O7P. The fourth-order valence-electron chi connectivity index (χ4n) is 7.47. The van der Waals surface area contributed by atoms with E-state index in [2.05, 4.69) is 20.9 Å². The fraction of sp³-hybridized carbons (Fsp3) is 0.442. The first-order valence-electron chi connectivity index (χ1n) is 19.4. The lowest BCUT2D eigenvalue weighted by Gasteiger charge is -2.38. The summed E-state index contributed by atoms with van der Waals surface area (Å²) in [5.41, 5.74) is 1.02. The number of rotatable bonds is 18. The first-order valence-corrected chi connectivity index (χ1v) is 20.6. The van der Waals surface area contributed by atoms with Crippen LogP contribution in [0.5, 0.6) is 11.5 Å². The van der Waals surface area contributed by atoms with Crippen LogP contribution in [0.1, 0.15) is 48.6 Å². The summed E-state index contributed by atoms with van der Waals surface area (Å²) in [5, 5.41) is 9.36. The van der Waals surface area contributed by atoms with Crippen molar-refractivity contribution in [2.75, 3.05) is 69.2 Å². The van der Waals surface area contributed by atoms with Crippen LogP contribution in [0.3, 0.4) is 0 Å². The smallest absolute Gasteiger partial charge is 0.351 e. The molecule has 58 heavy (non-hydrogen) atoms. The minimum absolute atomic E-state index is 0.0599. The fourth-order valence-corrected chi connectivity index (χ4v) is 9.29. The molecule has 308 valence electrons. The van der Waals surface area contributed by atoms with Crippen molar-refractivity contribution >= 4 is 20.0 Å². The Morgan fingerprint density at radius 3 is 2.10 bits per heavy atom. The molecule has 2 aliphatic rings. The number of ether oxygens (including phenoxy) is 4. The third kappa shape index (κ3) is 9.76. The summed E-state index contributed by atoms with van der Waals surface area (Å²) in [4.78, 5) is 28.8. The number of hydrogen-bond donors (Lipinski definition) is 0. The van der Waals surface area contributed by atoms with Gasteiger partial charge in [-0.1, -0.05) is 54.6 Å². The van der Waals surface area contributed by atoms with Crippen LogP contribution in [-0.2, 0) is 24.1 Å². The first kappa shape index (κ1) is 42.9. The van der Waals surface area contributed by atoms with Gasteiger partial charge in [0.1, 0.15) is 41.2 Å². The van der Waals surface area contributed by atoms with Gasteiger partial charge in [-0.2, -0.15) is 10.2 Å². The predicted molar refractivity (Wildman–Crippen MR) is 223 cm³/mol. The Hall–Kier alpha value is -4.71.